The van der Waals surface area contributed by atoms with E-state index in [-0.39, 0.29) is 0 Å². The van der Waals surface area contributed by atoms with Gasteiger partial charge in [-0.1, -0.05) is 0 Å². The van der Waals surface area contributed by atoms with Crippen molar-refractivity contribution < 1.29 is 0 Å². The fourth-order valence-corrected chi connectivity index (χ4v) is 2.41. The van der Waals surface area contributed by atoms with Crippen LogP contribution >= 0.6 is 0 Å². The molecule has 118 valence electrons. The summed E-state index contributed by atoms with van der Waals surface area (Å²) in [6.45, 7) is 0. The molecular weight excluding hydrogens is 296 g/mol. The SMILES string of the molecule is CN(C)c1ccc(-n2cccc2C=Nc2ccc(C#N)cc2)cc1. The van der Waals surface area contributed by atoms with E-state index in [1.165, 1.54) is 5.69 Å². The molecule has 0 aliphatic heterocycles. The van der Waals surface area contributed by atoms with Gasteiger partial charge in [0.1, 0.15) is 0 Å². The molecule has 0 saturated carbocycles. The Balaban J connectivity index is 1.84. The van der Waals surface area contributed by atoms with E-state index in [1.807, 2.05) is 50.8 Å². The van der Waals surface area contributed by atoms with Crippen LogP contribution in [0.3, 0.4) is 0 Å². The van der Waals surface area contributed by atoms with Crippen LogP contribution in [-0.4, -0.2) is 24.9 Å². The zero-order valence-electron chi connectivity index (χ0n) is 13.7. The fourth-order valence-electron chi connectivity index (χ4n) is 2.41. The number of nitrogens with zero attached hydrogens (tertiary/aromatic N) is 4. The van der Waals surface area contributed by atoms with Crippen molar-refractivity contribution in [1.82, 2.24) is 4.57 Å². The molecule has 1 heterocycles. The predicted octanol–water partition coefficient (Wildman–Crippen LogP) is 4.17. The number of anilines is 1. The lowest BCUT2D eigenvalue weighted by atomic mass is 10.2. The summed E-state index contributed by atoms with van der Waals surface area (Å²) < 4.78 is 2.09. The van der Waals surface area contributed by atoms with Crippen molar-refractivity contribution in [3.05, 3.63) is 78.1 Å². The maximum atomic E-state index is 8.83. The van der Waals surface area contributed by atoms with Crippen LogP contribution in [-0.2, 0) is 0 Å². The van der Waals surface area contributed by atoms with Gasteiger partial charge in [0.05, 0.1) is 29.2 Å². The molecule has 0 N–H and O–H groups in total. The molecule has 0 fully saturated rings. The molecular formula is C20H18N4. The minimum atomic E-state index is 0.637. The van der Waals surface area contributed by atoms with Gasteiger partial charge in [-0.2, -0.15) is 5.26 Å². The molecule has 3 rings (SSSR count). The number of hydrogen-bond acceptors (Lipinski definition) is 3. The summed E-state index contributed by atoms with van der Waals surface area (Å²) in [5.41, 5.74) is 4.71. The topological polar surface area (TPSA) is 44.3 Å². The number of aromatic nitrogens is 1. The van der Waals surface area contributed by atoms with Gasteiger partial charge in [-0.25, -0.2) is 0 Å². The lowest BCUT2D eigenvalue weighted by Crippen LogP contribution is -2.08. The second-order valence-corrected chi connectivity index (χ2v) is 5.63. The van der Waals surface area contributed by atoms with Gasteiger partial charge in [-0.15, -0.1) is 0 Å². The third-order valence-corrected chi connectivity index (χ3v) is 3.77. The molecule has 2 aromatic carbocycles. The van der Waals surface area contributed by atoms with E-state index < -0.39 is 0 Å². The van der Waals surface area contributed by atoms with Crippen LogP contribution in [0.2, 0.25) is 0 Å². The van der Waals surface area contributed by atoms with Crippen molar-refractivity contribution in [2.45, 2.75) is 0 Å². The molecule has 0 radical (unpaired) electrons. The first-order valence-corrected chi connectivity index (χ1v) is 7.67. The normalized spacial score (nSPS) is 10.7. The molecule has 0 unspecified atom stereocenters. The van der Waals surface area contributed by atoms with Gasteiger partial charge in [-0.3, -0.25) is 4.99 Å². The first-order valence-electron chi connectivity index (χ1n) is 7.67. The number of rotatable bonds is 4. The highest BCUT2D eigenvalue weighted by Gasteiger charge is 2.02. The quantitative estimate of drug-likeness (QED) is 0.679. The number of nitriles is 1. The summed E-state index contributed by atoms with van der Waals surface area (Å²) in [6, 6.07) is 21.7. The lowest BCUT2D eigenvalue weighted by Gasteiger charge is -2.13. The molecule has 0 spiro atoms. The average Bonchev–Trinajstić information content (AvgIpc) is 3.09. The van der Waals surface area contributed by atoms with Gasteiger partial charge >= 0.3 is 0 Å². The number of aliphatic imine (C=N–C) groups is 1. The van der Waals surface area contributed by atoms with E-state index in [2.05, 4.69) is 44.8 Å². The van der Waals surface area contributed by atoms with E-state index >= 15 is 0 Å². The second-order valence-electron chi connectivity index (χ2n) is 5.63. The van der Waals surface area contributed by atoms with Crippen molar-refractivity contribution in [1.29, 1.82) is 5.26 Å². The summed E-state index contributed by atoms with van der Waals surface area (Å²) >= 11 is 0. The molecule has 4 nitrogen and oxygen atoms in total. The van der Waals surface area contributed by atoms with E-state index in [1.54, 1.807) is 12.1 Å². The van der Waals surface area contributed by atoms with Gasteiger partial charge in [-0.05, 0) is 60.7 Å². The molecule has 24 heavy (non-hydrogen) atoms. The number of hydrogen-bond donors (Lipinski definition) is 0. The average molecular weight is 314 g/mol. The van der Waals surface area contributed by atoms with E-state index in [0.29, 0.717) is 5.56 Å². The van der Waals surface area contributed by atoms with Gasteiger partial charge < -0.3 is 9.47 Å². The third-order valence-electron chi connectivity index (χ3n) is 3.77. The summed E-state index contributed by atoms with van der Waals surface area (Å²) in [5, 5.41) is 8.83. The highest BCUT2D eigenvalue weighted by molar-refractivity contribution is 5.81. The Hall–Kier alpha value is -3.32. The minimum absolute atomic E-state index is 0.637. The first-order chi connectivity index (χ1) is 11.7. The summed E-state index contributed by atoms with van der Waals surface area (Å²) in [4.78, 5) is 6.57. The van der Waals surface area contributed by atoms with Crippen molar-refractivity contribution >= 4 is 17.6 Å². The maximum absolute atomic E-state index is 8.83. The molecule has 0 bridgehead atoms. The fraction of sp³-hybridized carbons (Fsp3) is 0.100. The van der Waals surface area contributed by atoms with Crippen LogP contribution in [0.15, 0.2) is 71.9 Å². The molecule has 0 atom stereocenters. The monoisotopic (exact) mass is 314 g/mol. The van der Waals surface area contributed by atoms with Crippen molar-refractivity contribution in [2.24, 2.45) is 4.99 Å². The largest absolute Gasteiger partial charge is 0.378 e. The summed E-state index contributed by atoms with van der Waals surface area (Å²) in [6.07, 6.45) is 3.85. The predicted molar refractivity (Wildman–Crippen MR) is 98.5 cm³/mol. The maximum Gasteiger partial charge on any atom is 0.0991 e. The molecule has 0 amide bonds. The smallest absolute Gasteiger partial charge is 0.0991 e. The first kappa shape index (κ1) is 15.6. The van der Waals surface area contributed by atoms with Gasteiger partial charge in [0.2, 0.25) is 0 Å². The zero-order valence-corrected chi connectivity index (χ0v) is 13.7. The molecule has 1 aromatic heterocycles. The van der Waals surface area contributed by atoms with Crippen molar-refractivity contribution in [2.75, 3.05) is 19.0 Å². The van der Waals surface area contributed by atoms with Gasteiger partial charge in [0, 0.05) is 31.7 Å². The van der Waals surface area contributed by atoms with Gasteiger partial charge in [0.15, 0.2) is 0 Å². The second kappa shape index (κ2) is 6.84. The van der Waals surface area contributed by atoms with Crippen LogP contribution < -0.4 is 4.90 Å². The zero-order chi connectivity index (χ0) is 16.9. The molecule has 3 aromatic rings. The van der Waals surface area contributed by atoms with Crippen LogP contribution in [0.4, 0.5) is 11.4 Å². The van der Waals surface area contributed by atoms with Crippen LogP contribution in [0.1, 0.15) is 11.3 Å². The molecule has 4 heteroatoms. The highest BCUT2D eigenvalue weighted by atomic mass is 15.1. The van der Waals surface area contributed by atoms with Crippen molar-refractivity contribution in [3.8, 4) is 11.8 Å². The Labute approximate surface area is 141 Å². The van der Waals surface area contributed by atoms with Crippen LogP contribution in [0, 0.1) is 11.3 Å². The Morgan fingerprint density at radius 2 is 1.71 bits per heavy atom. The Morgan fingerprint density at radius 3 is 2.33 bits per heavy atom. The molecule has 0 saturated heterocycles. The molecule has 0 aliphatic rings. The van der Waals surface area contributed by atoms with Crippen molar-refractivity contribution in [3.63, 3.8) is 0 Å². The summed E-state index contributed by atoms with van der Waals surface area (Å²) in [7, 11) is 4.06. The van der Waals surface area contributed by atoms with Crippen LogP contribution in [0.5, 0.6) is 0 Å². The third kappa shape index (κ3) is 3.36. The Morgan fingerprint density at radius 1 is 1.00 bits per heavy atom. The standard InChI is InChI=1S/C20H18N4/c1-23(2)18-9-11-19(12-10-18)24-13-3-4-20(24)15-22-17-7-5-16(14-21)6-8-17/h3-13,15H,1-2H3. The lowest BCUT2D eigenvalue weighted by molar-refractivity contribution is 1.06. The molecule has 0 aliphatic carbocycles. The van der Waals surface area contributed by atoms with E-state index in [4.69, 9.17) is 5.26 Å². The Bertz CT molecular complexity index is 879. The summed E-state index contributed by atoms with van der Waals surface area (Å²) in [5.74, 6) is 0. The van der Waals surface area contributed by atoms with E-state index in [0.717, 1.165) is 17.1 Å². The van der Waals surface area contributed by atoms with Gasteiger partial charge in [0.25, 0.3) is 0 Å². The Kier molecular flexibility index (Phi) is 4.44. The number of benzene rings is 2. The van der Waals surface area contributed by atoms with Crippen LogP contribution in [0.25, 0.3) is 5.69 Å². The highest BCUT2D eigenvalue weighted by Crippen LogP contribution is 2.18. The van der Waals surface area contributed by atoms with E-state index in [9.17, 15) is 0 Å². The minimum Gasteiger partial charge on any atom is -0.378 e.